The molecule has 228 valence electrons. The molecule has 10 nitrogen and oxygen atoms in total. The van der Waals surface area contributed by atoms with Crippen molar-refractivity contribution in [1.29, 1.82) is 0 Å². The zero-order chi connectivity index (χ0) is 30.9. The highest BCUT2D eigenvalue weighted by atomic mass is 35.6. The number of Topliss-reactive ketones (excluding diaryl/α,β-unsaturated/α-hetero) is 1. The van der Waals surface area contributed by atoms with Gasteiger partial charge in [0.15, 0.2) is 6.10 Å². The first-order chi connectivity index (χ1) is 19.8. The SMILES string of the molecule is CC(=O)CCC(=O)O[C@H]1[C@H](O)[C@@H](COC(=O)c2ccccc2)O[C@@H](Sc2ccc(C)cc2)[C@@H]1NC(=O)OCC(Cl)(Cl)Cl. The highest BCUT2D eigenvalue weighted by molar-refractivity contribution is 7.99. The Hall–Kier alpha value is -2.54. The van der Waals surface area contributed by atoms with Crippen LogP contribution in [0.3, 0.4) is 0 Å². The first kappa shape index (κ1) is 34.0. The third-order valence-corrected chi connectivity index (χ3v) is 7.44. The molecule has 0 aromatic heterocycles. The van der Waals surface area contributed by atoms with Gasteiger partial charge in [0, 0.05) is 11.3 Å². The monoisotopic (exact) mass is 661 g/mol. The Balaban J connectivity index is 1.88. The number of alkyl carbamates (subject to hydrolysis) is 1. The van der Waals surface area contributed by atoms with E-state index in [1.54, 1.807) is 30.3 Å². The Bertz CT molecular complexity index is 1230. The van der Waals surface area contributed by atoms with Crippen LogP contribution in [-0.2, 0) is 28.5 Å². The molecule has 0 spiro atoms. The molecule has 1 aliphatic rings. The Kier molecular flexibility index (Phi) is 12.8. The van der Waals surface area contributed by atoms with Crippen LogP contribution in [0.4, 0.5) is 4.79 Å². The summed E-state index contributed by atoms with van der Waals surface area (Å²) in [4.78, 5) is 50.1. The summed E-state index contributed by atoms with van der Waals surface area (Å²) < 4.78 is 20.2. The number of thioether (sulfide) groups is 1. The van der Waals surface area contributed by atoms with E-state index in [1.807, 2.05) is 31.2 Å². The van der Waals surface area contributed by atoms with Crippen LogP contribution in [-0.4, -0.2) is 75.7 Å². The van der Waals surface area contributed by atoms with Gasteiger partial charge < -0.3 is 34.2 Å². The number of nitrogens with one attached hydrogen (secondary N) is 1. The van der Waals surface area contributed by atoms with E-state index in [4.69, 9.17) is 53.8 Å². The fourth-order valence-electron chi connectivity index (χ4n) is 3.83. The number of rotatable bonds is 11. The Morgan fingerprint density at radius 3 is 2.29 bits per heavy atom. The lowest BCUT2D eigenvalue weighted by atomic mass is 9.97. The van der Waals surface area contributed by atoms with Gasteiger partial charge in [0.05, 0.1) is 12.0 Å². The molecule has 0 saturated carbocycles. The number of hydrogen-bond donors (Lipinski definition) is 2. The molecule has 42 heavy (non-hydrogen) atoms. The molecule has 0 radical (unpaired) electrons. The second kappa shape index (κ2) is 15.8. The number of aryl methyl sites for hydroxylation is 1. The van der Waals surface area contributed by atoms with Crippen molar-refractivity contribution < 1.29 is 43.2 Å². The van der Waals surface area contributed by atoms with Gasteiger partial charge in [-0.3, -0.25) is 4.79 Å². The van der Waals surface area contributed by atoms with E-state index >= 15 is 0 Å². The van der Waals surface area contributed by atoms with Gasteiger partial charge in [-0.05, 0) is 38.1 Å². The van der Waals surface area contributed by atoms with Crippen molar-refractivity contribution in [2.75, 3.05) is 13.2 Å². The van der Waals surface area contributed by atoms with Crippen molar-refractivity contribution in [3.63, 3.8) is 0 Å². The molecule has 1 saturated heterocycles. The smallest absolute Gasteiger partial charge is 0.407 e. The Labute approximate surface area is 262 Å². The summed E-state index contributed by atoms with van der Waals surface area (Å²) in [6, 6.07) is 14.4. The quantitative estimate of drug-likeness (QED) is 0.197. The molecule has 1 fully saturated rings. The third-order valence-electron chi connectivity index (χ3n) is 5.94. The molecule has 0 bridgehead atoms. The van der Waals surface area contributed by atoms with Crippen molar-refractivity contribution in [2.45, 2.75) is 65.2 Å². The van der Waals surface area contributed by atoms with E-state index in [-0.39, 0.29) is 24.2 Å². The minimum absolute atomic E-state index is 0.0821. The van der Waals surface area contributed by atoms with Crippen LogP contribution in [0, 0.1) is 6.92 Å². The van der Waals surface area contributed by atoms with Crippen LogP contribution in [0.2, 0.25) is 0 Å². The molecule has 2 aromatic carbocycles. The van der Waals surface area contributed by atoms with Gasteiger partial charge in [-0.1, -0.05) is 82.5 Å². The maximum absolute atomic E-state index is 12.7. The van der Waals surface area contributed by atoms with Gasteiger partial charge in [0.25, 0.3) is 0 Å². The number of aliphatic hydroxyl groups is 1. The van der Waals surface area contributed by atoms with Gasteiger partial charge in [-0.15, -0.1) is 0 Å². The van der Waals surface area contributed by atoms with Crippen LogP contribution in [0.15, 0.2) is 59.5 Å². The molecule has 2 aromatic rings. The van der Waals surface area contributed by atoms with Crippen molar-refractivity contribution in [1.82, 2.24) is 5.32 Å². The van der Waals surface area contributed by atoms with Crippen LogP contribution in [0.25, 0.3) is 0 Å². The summed E-state index contributed by atoms with van der Waals surface area (Å²) in [5.41, 5.74) is 0.312. The number of benzene rings is 2. The zero-order valence-electron chi connectivity index (χ0n) is 22.7. The van der Waals surface area contributed by atoms with Crippen molar-refractivity contribution in [3.8, 4) is 0 Å². The number of hydrogen-bond acceptors (Lipinski definition) is 10. The fourth-order valence-corrected chi connectivity index (χ4v) is 5.12. The summed E-state index contributed by atoms with van der Waals surface area (Å²) in [5.74, 6) is -1.68. The number of amides is 1. The number of carbonyl (C=O) groups is 4. The Morgan fingerprint density at radius 2 is 1.67 bits per heavy atom. The van der Waals surface area contributed by atoms with E-state index < -0.39 is 64.8 Å². The molecule has 0 unspecified atom stereocenters. The predicted octanol–water partition coefficient (Wildman–Crippen LogP) is 4.78. The number of esters is 2. The van der Waals surface area contributed by atoms with Gasteiger partial charge in [-0.2, -0.15) is 0 Å². The number of ketones is 1. The summed E-state index contributed by atoms with van der Waals surface area (Å²) in [7, 11) is 0. The lowest BCUT2D eigenvalue weighted by molar-refractivity contribution is -0.195. The van der Waals surface area contributed by atoms with Crippen LogP contribution in [0.1, 0.15) is 35.7 Å². The number of alkyl halides is 3. The molecule has 0 aliphatic carbocycles. The highest BCUT2D eigenvalue weighted by Crippen LogP contribution is 2.35. The lowest BCUT2D eigenvalue weighted by Gasteiger charge is -2.43. The van der Waals surface area contributed by atoms with Crippen molar-refractivity contribution >= 4 is 70.4 Å². The van der Waals surface area contributed by atoms with Crippen molar-refractivity contribution in [2.24, 2.45) is 0 Å². The number of carbonyl (C=O) groups excluding carboxylic acids is 4. The topological polar surface area (TPSA) is 137 Å². The highest BCUT2D eigenvalue weighted by Gasteiger charge is 2.49. The van der Waals surface area contributed by atoms with Gasteiger partial charge in [0.2, 0.25) is 3.79 Å². The molecule has 14 heteroatoms. The van der Waals surface area contributed by atoms with E-state index in [0.717, 1.165) is 22.2 Å². The molecule has 2 N–H and O–H groups in total. The number of halogens is 3. The summed E-state index contributed by atoms with van der Waals surface area (Å²) in [5, 5.41) is 13.8. The van der Waals surface area contributed by atoms with Gasteiger partial charge >= 0.3 is 18.0 Å². The van der Waals surface area contributed by atoms with Crippen molar-refractivity contribution in [3.05, 3.63) is 65.7 Å². The first-order valence-electron chi connectivity index (χ1n) is 12.8. The molecular formula is C28H30Cl3NO9S. The average Bonchev–Trinajstić information content (AvgIpc) is 2.94. The molecular weight excluding hydrogens is 633 g/mol. The van der Waals surface area contributed by atoms with Crippen LogP contribution < -0.4 is 5.32 Å². The maximum Gasteiger partial charge on any atom is 0.407 e. The number of ether oxygens (including phenoxy) is 4. The normalized spacial score (nSPS) is 22.1. The van der Waals surface area contributed by atoms with E-state index in [1.165, 1.54) is 6.92 Å². The number of aliphatic hydroxyl groups excluding tert-OH is 1. The molecule has 5 atom stereocenters. The molecule has 1 aliphatic heterocycles. The molecule has 1 amide bonds. The van der Waals surface area contributed by atoms with Gasteiger partial charge in [0.1, 0.15) is 42.7 Å². The average molecular weight is 663 g/mol. The minimum atomic E-state index is -1.89. The zero-order valence-corrected chi connectivity index (χ0v) is 25.8. The minimum Gasteiger partial charge on any atom is -0.459 e. The summed E-state index contributed by atoms with van der Waals surface area (Å²) in [6.07, 6.45) is -5.50. The predicted molar refractivity (Wildman–Crippen MR) is 157 cm³/mol. The summed E-state index contributed by atoms with van der Waals surface area (Å²) in [6.45, 7) is 2.26. The first-order valence-corrected chi connectivity index (χ1v) is 14.8. The standard InChI is InChI=1S/C28H30Cl3NO9S/c1-16-8-11-19(12-9-16)42-26-22(32-27(37)39-15-28(29,30)31)24(41-21(34)13-10-17(2)33)23(35)20(40-26)14-38-25(36)18-6-4-3-5-7-18/h3-9,11-12,20,22-24,26,35H,10,13-15H2,1-2H3,(H,32,37)/t20-,22-,23-,24-,26+/m1/s1. The van der Waals surface area contributed by atoms with E-state index in [2.05, 4.69) is 5.32 Å². The fraction of sp³-hybridized carbons (Fsp3) is 0.429. The largest absolute Gasteiger partial charge is 0.459 e. The Morgan fingerprint density at radius 1 is 1.00 bits per heavy atom. The van der Waals surface area contributed by atoms with E-state index in [9.17, 15) is 24.3 Å². The van der Waals surface area contributed by atoms with Gasteiger partial charge in [-0.25, -0.2) is 9.59 Å². The second-order valence-electron chi connectivity index (χ2n) is 9.45. The molecule has 3 rings (SSSR count). The summed E-state index contributed by atoms with van der Waals surface area (Å²) >= 11 is 18.2. The van der Waals surface area contributed by atoms with Crippen LogP contribution in [0.5, 0.6) is 0 Å². The molecule has 1 heterocycles. The maximum atomic E-state index is 12.7. The van der Waals surface area contributed by atoms with Crippen LogP contribution >= 0.6 is 46.6 Å². The van der Waals surface area contributed by atoms with E-state index in [0.29, 0.717) is 0 Å². The lowest BCUT2D eigenvalue weighted by Crippen LogP contribution is -2.64. The second-order valence-corrected chi connectivity index (χ2v) is 13.1. The third kappa shape index (κ3) is 10.9.